The van der Waals surface area contributed by atoms with Crippen molar-refractivity contribution in [1.82, 2.24) is 19.5 Å². The summed E-state index contributed by atoms with van der Waals surface area (Å²) >= 11 is 0. The zero-order valence-electron chi connectivity index (χ0n) is 15.0. The number of nitrogen functional groups attached to an aromatic ring is 1. The minimum Gasteiger partial charge on any atom is -0.394 e. The molecule has 1 saturated heterocycles. The van der Waals surface area contributed by atoms with Crippen molar-refractivity contribution in [3.63, 3.8) is 0 Å². The van der Waals surface area contributed by atoms with Crippen LogP contribution in [-0.4, -0.2) is 66.0 Å². The average Bonchev–Trinajstić information content (AvgIpc) is 3.20. The highest BCUT2D eigenvalue weighted by molar-refractivity contribution is 5.80. The summed E-state index contributed by atoms with van der Waals surface area (Å²) < 4.78 is 6.83. The Morgan fingerprint density at radius 3 is 2.72 bits per heavy atom. The number of imidazole rings is 1. The van der Waals surface area contributed by atoms with E-state index < -0.39 is 36.7 Å². The maximum atomic E-state index is 12.2. The quantitative estimate of drug-likeness (QED) is 0.225. The Hall–Kier alpha value is -3.32. The number of rotatable bonds is 5. The smallest absolute Gasteiger partial charge is 0.280 e. The van der Waals surface area contributed by atoms with Crippen molar-refractivity contribution in [3.05, 3.63) is 46.2 Å². The second-order valence-electron chi connectivity index (χ2n) is 6.44. The first-order valence-corrected chi connectivity index (χ1v) is 8.74. The maximum Gasteiger partial charge on any atom is 0.280 e. The molecule has 0 bridgehead atoms. The van der Waals surface area contributed by atoms with E-state index in [1.165, 1.54) is 10.8 Å². The van der Waals surface area contributed by atoms with Gasteiger partial charge in [-0.25, -0.2) is 10.4 Å². The summed E-state index contributed by atoms with van der Waals surface area (Å²) in [7, 11) is 0. The minimum absolute atomic E-state index is 0.0264. The van der Waals surface area contributed by atoms with E-state index in [0.29, 0.717) is 0 Å². The van der Waals surface area contributed by atoms with E-state index in [0.717, 1.165) is 5.56 Å². The fraction of sp³-hybridized carbons (Fsp3) is 0.294. The molecular formula is C17H19N7O5. The monoisotopic (exact) mass is 401 g/mol. The Kier molecular flexibility index (Phi) is 4.98. The van der Waals surface area contributed by atoms with Crippen LogP contribution in [-0.2, 0) is 4.74 Å². The molecule has 12 heteroatoms. The lowest BCUT2D eigenvalue weighted by Gasteiger charge is -2.18. The number of fused-ring (bicyclic) bond motifs is 1. The SMILES string of the molecule is Nc1nc2c(nc(N/N=C\c3ccccc3)n2[C@@H]2O[C@H](CO)[C@@H](O)[C@H]2O)c(=O)[nH]1. The molecule has 3 aromatic rings. The van der Waals surface area contributed by atoms with Crippen molar-refractivity contribution in [1.29, 1.82) is 0 Å². The summed E-state index contributed by atoms with van der Waals surface area (Å²) in [6.45, 7) is -0.508. The molecule has 0 radical (unpaired) electrons. The van der Waals surface area contributed by atoms with Crippen LogP contribution in [0.15, 0.2) is 40.2 Å². The number of nitrogens with zero attached hydrogens (tertiary/aromatic N) is 4. The topological polar surface area (TPSA) is 184 Å². The lowest BCUT2D eigenvalue weighted by molar-refractivity contribution is -0.0501. The highest BCUT2D eigenvalue weighted by Gasteiger charge is 2.45. The molecule has 12 nitrogen and oxygen atoms in total. The van der Waals surface area contributed by atoms with Gasteiger partial charge < -0.3 is 25.8 Å². The van der Waals surface area contributed by atoms with Crippen LogP contribution in [0.5, 0.6) is 0 Å². The molecule has 0 unspecified atom stereocenters. The predicted molar refractivity (Wildman–Crippen MR) is 103 cm³/mol. The van der Waals surface area contributed by atoms with Crippen LogP contribution >= 0.6 is 0 Å². The van der Waals surface area contributed by atoms with Gasteiger partial charge in [-0.05, 0) is 5.56 Å². The van der Waals surface area contributed by atoms with E-state index in [-0.39, 0.29) is 23.1 Å². The third-order valence-corrected chi connectivity index (χ3v) is 4.52. The fourth-order valence-electron chi connectivity index (χ4n) is 3.12. The Morgan fingerprint density at radius 2 is 2.03 bits per heavy atom. The van der Waals surface area contributed by atoms with Crippen molar-refractivity contribution in [2.45, 2.75) is 24.5 Å². The Labute approximate surface area is 163 Å². The van der Waals surface area contributed by atoms with E-state index in [1.54, 1.807) is 0 Å². The van der Waals surface area contributed by atoms with Crippen LogP contribution in [0.3, 0.4) is 0 Å². The van der Waals surface area contributed by atoms with E-state index in [9.17, 15) is 20.1 Å². The molecule has 1 fully saturated rings. The van der Waals surface area contributed by atoms with Crippen molar-refractivity contribution < 1.29 is 20.1 Å². The van der Waals surface area contributed by atoms with Crippen LogP contribution in [0.4, 0.5) is 11.9 Å². The average molecular weight is 401 g/mol. The van der Waals surface area contributed by atoms with Gasteiger partial charge in [0.25, 0.3) is 5.56 Å². The molecule has 7 N–H and O–H groups in total. The second kappa shape index (κ2) is 7.60. The Morgan fingerprint density at radius 1 is 1.28 bits per heavy atom. The predicted octanol–water partition coefficient (Wildman–Crippen LogP) is -1.24. The van der Waals surface area contributed by atoms with Gasteiger partial charge >= 0.3 is 0 Å². The Balaban J connectivity index is 1.77. The molecular weight excluding hydrogens is 382 g/mol. The van der Waals surface area contributed by atoms with Crippen LogP contribution < -0.4 is 16.7 Å². The van der Waals surface area contributed by atoms with Gasteiger partial charge in [0, 0.05) is 0 Å². The fourth-order valence-corrected chi connectivity index (χ4v) is 3.12. The summed E-state index contributed by atoms with van der Waals surface area (Å²) in [6, 6.07) is 9.25. The molecule has 0 saturated carbocycles. The standard InChI is InChI=1S/C17H19N7O5/c18-16-21-13-10(14(28)22-16)20-17(23-19-6-8-4-2-1-3-5-8)24(13)15-12(27)11(26)9(7-25)29-15/h1-6,9,11-12,15,25-27H,7H2,(H,20,23)(H3,18,21,22,28)/b19-6-/t9-,11-,12-,15-/m1/s1. The second-order valence-corrected chi connectivity index (χ2v) is 6.44. The molecule has 1 aliphatic heterocycles. The number of ether oxygens (including phenoxy) is 1. The van der Waals surface area contributed by atoms with Gasteiger partial charge in [0.1, 0.15) is 18.3 Å². The van der Waals surface area contributed by atoms with Crippen molar-refractivity contribution in [2.24, 2.45) is 5.10 Å². The summed E-state index contributed by atoms with van der Waals surface area (Å²) in [5.74, 6) is -0.125. The van der Waals surface area contributed by atoms with E-state index in [2.05, 4.69) is 25.5 Å². The number of aliphatic hydroxyl groups excluding tert-OH is 3. The van der Waals surface area contributed by atoms with Crippen LogP contribution in [0.25, 0.3) is 11.2 Å². The first-order chi connectivity index (χ1) is 14.0. The van der Waals surface area contributed by atoms with E-state index >= 15 is 0 Å². The molecule has 1 aliphatic rings. The Bertz CT molecular complexity index is 1100. The molecule has 4 rings (SSSR count). The first-order valence-electron chi connectivity index (χ1n) is 8.74. The highest BCUT2D eigenvalue weighted by Crippen LogP contribution is 2.33. The number of hydrogen-bond acceptors (Lipinski definition) is 10. The third kappa shape index (κ3) is 3.45. The van der Waals surface area contributed by atoms with E-state index in [1.807, 2.05) is 30.3 Å². The zero-order chi connectivity index (χ0) is 20.5. The van der Waals surface area contributed by atoms with Gasteiger partial charge in [-0.15, -0.1) is 0 Å². The minimum atomic E-state index is -1.41. The lowest BCUT2D eigenvalue weighted by Crippen LogP contribution is -2.33. The molecule has 0 aliphatic carbocycles. The van der Waals surface area contributed by atoms with Gasteiger partial charge in [0.15, 0.2) is 17.4 Å². The molecule has 152 valence electrons. The van der Waals surface area contributed by atoms with Crippen LogP contribution in [0.1, 0.15) is 11.8 Å². The highest BCUT2D eigenvalue weighted by atomic mass is 16.6. The number of aromatic amines is 1. The summed E-state index contributed by atoms with van der Waals surface area (Å²) in [5, 5.41) is 34.0. The van der Waals surface area contributed by atoms with Gasteiger partial charge in [-0.2, -0.15) is 10.1 Å². The largest absolute Gasteiger partial charge is 0.394 e. The number of aliphatic hydroxyl groups is 3. The van der Waals surface area contributed by atoms with Gasteiger partial charge in [0.05, 0.1) is 12.8 Å². The van der Waals surface area contributed by atoms with Gasteiger partial charge in [-0.1, -0.05) is 30.3 Å². The zero-order valence-corrected chi connectivity index (χ0v) is 15.0. The molecule has 3 heterocycles. The van der Waals surface area contributed by atoms with Crippen LogP contribution in [0.2, 0.25) is 0 Å². The number of nitrogens with one attached hydrogen (secondary N) is 2. The number of nitrogens with two attached hydrogens (primary N) is 1. The van der Waals surface area contributed by atoms with Crippen LogP contribution in [0, 0.1) is 0 Å². The maximum absolute atomic E-state index is 12.2. The number of benzene rings is 1. The number of hydrazone groups is 1. The van der Waals surface area contributed by atoms with Gasteiger partial charge in [0.2, 0.25) is 11.9 Å². The van der Waals surface area contributed by atoms with E-state index in [4.69, 9.17) is 10.5 Å². The van der Waals surface area contributed by atoms with Crippen molar-refractivity contribution in [2.75, 3.05) is 17.8 Å². The molecule has 4 atom stereocenters. The summed E-state index contributed by atoms with van der Waals surface area (Å²) in [6.07, 6.45) is -3.43. The first kappa shape index (κ1) is 19.0. The molecule has 0 spiro atoms. The lowest BCUT2D eigenvalue weighted by atomic mass is 10.1. The molecule has 1 aromatic carbocycles. The normalized spacial score (nSPS) is 24.5. The molecule has 0 amide bonds. The number of aromatic nitrogens is 4. The third-order valence-electron chi connectivity index (χ3n) is 4.52. The molecule has 29 heavy (non-hydrogen) atoms. The van der Waals surface area contributed by atoms with Crippen molar-refractivity contribution in [3.8, 4) is 0 Å². The van der Waals surface area contributed by atoms with Crippen molar-refractivity contribution >= 4 is 29.3 Å². The molecule has 2 aromatic heterocycles. The number of anilines is 2. The van der Waals surface area contributed by atoms with Gasteiger partial charge in [-0.3, -0.25) is 14.3 Å². The summed E-state index contributed by atoms with van der Waals surface area (Å²) in [4.78, 5) is 22.8. The number of hydrogen-bond donors (Lipinski definition) is 6. The summed E-state index contributed by atoms with van der Waals surface area (Å²) in [5.41, 5.74) is 8.53. The number of H-pyrrole nitrogens is 1.